The number of hydrogen-bond acceptors (Lipinski definition) is 4. The third-order valence-corrected chi connectivity index (χ3v) is 5.07. The highest BCUT2D eigenvalue weighted by molar-refractivity contribution is 7.15. The van der Waals surface area contributed by atoms with Gasteiger partial charge in [0.15, 0.2) is 4.96 Å². The van der Waals surface area contributed by atoms with Crippen LogP contribution in [0.1, 0.15) is 5.69 Å². The second kappa shape index (κ2) is 6.62. The fourth-order valence-corrected chi connectivity index (χ4v) is 3.72. The summed E-state index contributed by atoms with van der Waals surface area (Å²) in [4.78, 5) is 5.00. The van der Waals surface area contributed by atoms with Crippen LogP contribution < -0.4 is 10.1 Å². The summed E-state index contributed by atoms with van der Waals surface area (Å²) in [7, 11) is 1.34. The number of anilines is 2. The number of nitrogens with zero attached hydrogens (tertiary/aromatic N) is 2. The van der Waals surface area contributed by atoms with Gasteiger partial charge >= 0.3 is 0 Å². The topological polar surface area (TPSA) is 38.6 Å². The van der Waals surface area contributed by atoms with Crippen molar-refractivity contribution in [3.05, 3.63) is 64.9 Å². The van der Waals surface area contributed by atoms with E-state index in [0.717, 1.165) is 17.8 Å². The zero-order valence-electron chi connectivity index (χ0n) is 14.4. The molecule has 4 aromatic rings. The van der Waals surface area contributed by atoms with Crippen LogP contribution in [0, 0.1) is 24.4 Å². The van der Waals surface area contributed by atoms with Crippen LogP contribution in [0.5, 0.6) is 5.75 Å². The first-order valence-corrected chi connectivity index (χ1v) is 8.88. The summed E-state index contributed by atoms with van der Waals surface area (Å²) >= 11 is 1.36. The number of hydrogen-bond donors (Lipinski definition) is 1. The zero-order chi connectivity index (χ0) is 19.1. The Balaban J connectivity index is 1.92. The van der Waals surface area contributed by atoms with Crippen LogP contribution in [0.15, 0.2) is 41.8 Å². The van der Waals surface area contributed by atoms with Gasteiger partial charge in [0.1, 0.15) is 34.7 Å². The van der Waals surface area contributed by atoms with Crippen LogP contribution in [-0.4, -0.2) is 16.5 Å². The molecule has 0 fully saturated rings. The van der Waals surface area contributed by atoms with Crippen LogP contribution in [0.25, 0.3) is 16.2 Å². The van der Waals surface area contributed by atoms with Gasteiger partial charge in [-0.2, -0.15) is 0 Å². The largest absolute Gasteiger partial charge is 0.497 e. The number of methoxy groups -OCH3 is 1. The minimum atomic E-state index is -0.780. The van der Waals surface area contributed by atoms with Gasteiger partial charge in [-0.05, 0) is 31.2 Å². The Kier molecular flexibility index (Phi) is 4.27. The SMILES string of the molecule is COc1cc(F)c(-c2nc3scc(C)n3c2Nc2ccc(F)cc2)c(F)c1. The quantitative estimate of drug-likeness (QED) is 0.498. The first-order valence-electron chi connectivity index (χ1n) is 8.00. The Labute approximate surface area is 156 Å². The summed E-state index contributed by atoms with van der Waals surface area (Å²) in [6.45, 7) is 1.87. The summed E-state index contributed by atoms with van der Waals surface area (Å²) in [5.74, 6) is -1.45. The Hall–Kier alpha value is -3.00. The molecule has 0 saturated heterocycles. The van der Waals surface area contributed by atoms with Crippen LogP contribution in [-0.2, 0) is 0 Å². The molecule has 0 aliphatic carbocycles. The van der Waals surface area contributed by atoms with Gasteiger partial charge in [0, 0.05) is 28.9 Å². The number of fused-ring (bicyclic) bond motifs is 1. The molecule has 0 bridgehead atoms. The standard InChI is InChI=1S/C19H14F3N3OS/c1-10-9-27-19-24-17(16-14(21)7-13(26-2)8-15(16)22)18(25(10)19)23-12-5-3-11(20)4-6-12/h3-9,23H,1-2H3. The van der Waals surface area contributed by atoms with E-state index in [9.17, 15) is 13.2 Å². The van der Waals surface area contributed by atoms with Crippen LogP contribution >= 0.6 is 11.3 Å². The van der Waals surface area contributed by atoms with E-state index in [2.05, 4.69) is 10.3 Å². The predicted molar refractivity (Wildman–Crippen MR) is 99.4 cm³/mol. The molecule has 2 aromatic carbocycles. The van der Waals surface area contributed by atoms with E-state index in [1.165, 1.54) is 30.6 Å². The summed E-state index contributed by atoms with van der Waals surface area (Å²) in [5.41, 5.74) is 1.30. The highest BCUT2D eigenvalue weighted by atomic mass is 32.1. The molecule has 8 heteroatoms. The van der Waals surface area contributed by atoms with Gasteiger partial charge in [-0.3, -0.25) is 4.40 Å². The maximum atomic E-state index is 14.6. The maximum absolute atomic E-state index is 14.6. The molecule has 0 aliphatic heterocycles. The molecule has 0 atom stereocenters. The van der Waals surface area contributed by atoms with Crippen LogP contribution in [0.2, 0.25) is 0 Å². The van der Waals surface area contributed by atoms with E-state index >= 15 is 0 Å². The molecule has 0 aliphatic rings. The van der Waals surface area contributed by atoms with E-state index in [0.29, 0.717) is 16.5 Å². The van der Waals surface area contributed by atoms with Crippen molar-refractivity contribution < 1.29 is 17.9 Å². The molecule has 0 amide bonds. The Bertz CT molecular complexity index is 1110. The normalized spacial score (nSPS) is 11.1. The molecule has 2 heterocycles. The molecule has 4 nitrogen and oxygen atoms in total. The van der Waals surface area contributed by atoms with E-state index < -0.39 is 11.6 Å². The first-order chi connectivity index (χ1) is 13.0. The highest BCUT2D eigenvalue weighted by Gasteiger charge is 2.23. The second-order valence-electron chi connectivity index (χ2n) is 5.90. The summed E-state index contributed by atoms with van der Waals surface area (Å²) in [6.07, 6.45) is 0. The maximum Gasteiger partial charge on any atom is 0.196 e. The van der Waals surface area contributed by atoms with Crippen molar-refractivity contribution in [1.29, 1.82) is 0 Å². The predicted octanol–water partition coefficient (Wildman–Crippen LogP) is 5.54. The smallest absolute Gasteiger partial charge is 0.196 e. The highest BCUT2D eigenvalue weighted by Crippen LogP contribution is 2.38. The summed E-state index contributed by atoms with van der Waals surface area (Å²) in [5, 5.41) is 5.00. The van der Waals surface area contributed by atoms with Crippen molar-refractivity contribution in [1.82, 2.24) is 9.38 Å². The lowest BCUT2D eigenvalue weighted by Gasteiger charge is -2.11. The van der Waals surface area contributed by atoms with Gasteiger partial charge in [-0.1, -0.05) is 0 Å². The minimum Gasteiger partial charge on any atom is -0.497 e. The summed E-state index contributed by atoms with van der Waals surface area (Å²) in [6, 6.07) is 7.91. The van der Waals surface area contributed by atoms with Crippen molar-refractivity contribution in [2.75, 3.05) is 12.4 Å². The number of thiazole rings is 1. The molecule has 0 saturated carbocycles. The lowest BCUT2D eigenvalue weighted by molar-refractivity contribution is 0.407. The number of nitrogens with one attached hydrogen (secondary N) is 1. The number of ether oxygens (including phenoxy) is 1. The Morgan fingerprint density at radius 2 is 1.74 bits per heavy atom. The number of halogens is 3. The molecule has 4 rings (SSSR count). The lowest BCUT2D eigenvalue weighted by atomic mass is 10.1. The number of aryl methyl sites for hydroxylation is 1. The molecule has 0 radical (unpaired) electrons. The molecule has 0 unspecified atom stereocenters. The molecular weight excluding hydrogens is 375 g/mol. The van der Waals surface area contributed by atoms with Crippen molar-refractivity contribution in [3.63, 3.8) is 0 Å². The lowest BCUT2D eigenvalue weighted by Crippen LogP contribution is -2.00. The average Bonchev–Trinajstić information content (AvgIpc) is 3.17. The van der Waals surface area contributed by atoms with Gasteiger partial charge in [0.2, 0.25) is 0 Å². The Morgan fingerprint density at radius 1 is 1.07 bits per heavy atom. The van der Waals surface area contributed by atoms with Crippen molar-refractivity contribution in [2.45, 2.75) is 6.92 Å². The first kappa shape index (κ1) is 17.4. The molecule has 138 valence electrons. The second-order valence-corrected chi connectivity index (χ2v) is 6.74. The molecule has 0 spiro atoms. The van der Waals surface area contributed by atoms with Gasteiger partial charge in [-0.15, -0.1) is 11.3 Å². The van der Waals surface area contributed by atoms with E-state index in [-0.39, 0.29) is 22.8 Å². The number of aromatic nitrogens is 2. The average molecular weight is 389 g/mol. The third-order valence-electron chi connectivity index (χ3n) is 4.13. The fraction of sp³-hybridized carbons (Fsp3) is 0.105. The summed E-state index contributed by atoms with van der Waals surface area (Å²) < 4.78 is 49.2. The number of rotatable bonds is 4. The van der Waals surface area contributed by atoms with Gasteiger partial charge < -0.3 is 10.1 Å². The van der Waals surface area contributed by atoms with E-state index in [1.54, 1.807) is 16.5 Å². The zero-order valence-corrected chi connectivity index (χ0v) is 15.2. The number of imidazole rings is 1. The van der Waals surface area contributed by atoms with Crippen molar-refractivity contribution >= 4 is 27.8 Å². The monoisotopic (exact) mass is 389 g/mol. The fourth-order valence-electron chi connectivity index (χ4n) is 2.85. The molecule has 2 aromatic heterocycles. The molecule has 1 N–H and O–H groups in total. The van der Waals surface area contributed by atoms with Crippen molar-refractivity contribution in [3.8, 4) is 17.0 Å². The van der Waals surface area contributed by atoms with Crippen LogP contribution in [0.4, 0.5) is 24.7 Å². The van der Waals surface area contributed by atoms with E-state index in [4.69, 9.17) is 4.74 Å². The van der Waals surface area contributed by atoms with Crippen LogP contribution in [0.3, 0.4) is 0 Å². The van der Waals surface area contributed by atoms with E-state index in [1.807, 2.05) is 12.3 Å². The number of benzene rings is 2. The Morgan fingerprint density at radius 3 is 2.37 bits per heavy atom. The van der Waals surface area contributed by atoms with Gasteiger partial charge in [-0.25, -0.2) is 18.2 Å². The molecular formula is C19H14F3N3OS. The third kappa shape index (κ3) is 3.02. The molecule has 27 heavy (non-hydrogen) atoms. The van der Waals surface area contributed by atoms with Gasteiger partial charge in [0.25, 0.3) is 0 Å². The minimum absolute atomic E-state index is 0.0824. The van der Waals surface area contributed by atoms with Crippen molar-refractivity contribution in [2.24, 2.45) is 0 Å². The van der Waals surface area contributed by atoms with Gasteiger partial charge in [0.05, 0.1) is 12.7 Å².